The van der Waals surface area contributed by atoms with Crippen molar-refractivity contribution in [2.45, 2.75) is 26.9 Å². The van der Waals surface area contributed by atoms with E-state index in [9.17, 15) is 4.79 Å². The van der Waals surface area contributed by atoms with E-state index in [1.807, 2.05) is 6.92 Å². The summed E-state index contributed by atoms with van der Waals surface area (Å²) in [5.74, 6) is 1.18. The summed E-state index contributed by atoms with van der Waals surface area (Å²) in [6.45, 7) is 5.30. The van der Waals surface area contributed by atoms with Crippen LogP contribution in [-0.4, -0.2) is 34.2 Å². The highest BCUT2D eigenvalue weighted by Crippen LogP contribution is 2.42. The van der Waals surface area contributed by atoms with Gasteiger partial charge in [-0.15, -0.1) is 11.3 Å². The number of carbonyl (C=O) groups excluding carboxylic acids is 1. The standard InChI is InChI=1S/C18H18N4O4S/c1-3-25-14-5-4-11(8-19-14)16(23)21-18-15(17-20-10(2)22-26-17)12-6-7-24-9-13(12)27-18/h4-5,8H,3,6-7,9H2,1-2H3,(H,21,23). The van der Waals surface area contributed by atoms with Crippen LogP contribution in [0.3, 0.4) is 0 Å². The molecule has 1 N–H and O–H groups in total. The van der Waals surface area contributed by atoms with E-state index in [2.05, 4.69) is 20.4 Å². The molecule has 0 aromatic carbocycles. The zero-order chi connectivity index (χ0) is 18.8. The van der Waals surface area contributed by atoms with Gasteiger partial charge >= 0.3 is 0 Å². The SMILES string of the molecule is CCOc1ccc(C(=O)Nc2sc3c(c2-c2nc(C)no2)CCOC3)cn1. The summed E-state index contributed by atoms with van der Waals surface area (Å²) in [6.07, 6.45) is 2.23. The van der Waals surface area contributed by atoms with E-state index in [0.29, 0.717) is 48.0 Å². The highest BCUT2D eigenvalue weighted by Gasteiger charge is 2.27. The average Bonchev–Trinajstić information content (AvgIpc) is 3.25. The molecule has 9 heteroatoms. The fourth-order valence-corrected chi connectivity index (χ4v) is 4.04. The van der Waals surface area contributed by atoms with Gasteiger partial charge in [0.25, 0.3) is 11.8 Å². The van der Waals surface area contributed by atoms with Crippen LogP contribution >= 0.6 is 11.3 Å². The number of carbonyl (C=O) groups is 1. The Labute approximate surface area is 159 Å². The molecular formula is C18H18N4O4S. The summed E-state index contributed by atoms with van der Waals surface area (Å²) in [4.78, 5) is 22.2. The molecule has 0 unspecified atom stereocenters. The van der Waals surface area contributed by atoms with Crippen LogP contribution in [0.1, 0.15) is 33.5 Å². The molecule has 0 atom stereocenters. The number of nitrogens with zero attached hydrogens (tertiary/aromatic N) is 3. The predicted molar refractivity (Wildman–Crippen MR) is 99.1 cm³/mol. The van der Waals surface area contributed by atoms with E-state index in [0.717, 1.165) is 22.4 Å². The van der Waals surface area contributed by atoms with Crippen LogP contribution in [0.2, 0.25) is 0 Å². The number of nitrogens with one attached hydrogen (secondary N) is 1. The van der Waals surface area contributed by atoms with Crippen molar-refractivity contribution in [2.24, 2.45) is 0 Å². The Morgan fingerprint density at radius 3 is 3.00 bits per heavy atom. The number of pyridine rings is 1. The van der Waals surface area contributed by atoms with Crippen LogP contribution in [0, 0.1) is 6.92 Å². The number of hydrogen-bond donors (Lipinski definition) is 1. The lowest BCUT2D eigenvalue weighted by molar-refractivity contribution is 0.102. The zero-order valence-electron chi connectivity index (χ0n) is 14.9. The fourth-order valence-electron chi connectivity index (χ4n) is 2.87. The molecular weight excluding hydrogens is 368 g/mol. The van der Waals surface area contributed by atoms with E-state index in [4.69, 9.17) is 14.0 Å². The maximum atomic E-state index is 12.7. The lowest BCUT2D eigenvalue weighted by Gasteiger charge is -2.12. The second kappa shape index (κ2) is 7.45. The van der Waals surface area contributed by atoms with Crippen molar-refractivity contribution >= 4 is 22.2 Å². The molecule has 0 spiro atoms. The minimum absolute atomic E-state index is 0.262. The first kappa shape index (κ1) is 17.6. The first-order valence-corrected chi connectivity index (χ1v) is 9.40. The van der Waals surface area contributed by atoms with Gasteiger partial charge in [-0.2, -0.15) is 4.98 Å². The molecule has 3 aromatic heterocycles. The van der Waals surface area contributed by atoms with Gasteiger partial charge in [-0.3, -0.25) is 4.79 Å². The maximum Gasteiger partial charge on any atom is 0.261 e. The van der Waals surface area contributed by atoms with Gasteiger partial charge in [-0.1, -0.05) is 5.16 Å². The van der Waals surface area contributed by atoms with E-state index in [1.165, 1.54) is 17.5 Å². The molecule has 27 heavy (non-hydrogen) atoms. The summed E-state index contributed by atoms with van der Waals surface area (Å²) < 4.78 is 16.2. The number of hydrogen-bond acceptors (Lipinski definition) is 8. The van der Waals surface area contributed by atoms with Crippen molar-refractivity contribution in [1.82, 2.24) is 15.1 Å². The fraction of sp³-hybridized carbons (Fsp3) is 0.333. The largest absolute Gasteiger partial charge is 0.478 e. The first-order chi connectivity index (χ1) is 13.2. The number of anilines is 1. The van der Waals surface area contributed by atoms with Crippen molar-refractivity contribution in [1.29, 1.82) is 0 Å². The van der Waals surface area contributed by atoms with Crippen LogP contribution in [-0.2, 0) is 17.8 Å². The third-order valence-corrected chi connectivity index (χ3v) is 5.20. The van der Waals surface area contributed by atoms with Crippen molar-refractivity contribution in [3.8, 4) is 17.3 Å². The zero-order valence-corrected chi connectivity index (χ0v) is 15.8. The lowest BCUT2D eigenvalue weighted by atomic mass is 10.1. The molecule has 3 aromatic rings. The molecule has 4 rings (SSSR count). The van der Waals surface area contributed by atoms with E-state index >= 15 is 0 Å². The van der Waals surface area contributed by atoms with Gasteiger partial charge in [0.05, 0.1) is 30.9 Å². The second-order valence-electron chi connectivity index (χ2n) is 5.93. The highest BCUT2D eigenvalue weighted by atomic mass is 32.1. The van der Waals surface area contributed by atoms with Gasteiger partial charge in [-0.05, 0) is 31.9 Å². The van der Waals surface area contributed by atoms with Crippen molar-refractivity contribution in [3.63, 3.8) is 0 Å². The average molecular weight is 386 g/mol. The van der Waals surface area contributed by atoms with Gasteiger partial charge in [0.15, 0.2) is 5.82 Å². The van der Waals surface area contributed by atoms with Crippen molar-refractivity contribution in [3.05, 3.63) is 40.2 Å². The molecule has 0 fully saturated rings. The van der Waals surface area contributed by atoms with Gasteiger partial charge in [0.1, 0.15) is 5.00 Å². The minimum atomic E-state index is -0.262. The number of aromatic nitrogens is 3. The molecule has 4 heterocycles. The summed E-state index contributed by atoms with van der Waals surface area (Å²) in [7, 11) is 0. The lowest BCUT2D eigenvalue weighted by Crippen LogP contribution is -2.12. The van der Waals surface area contributed by atoms with Gasteiger partial charge in [0.2, 0.25) is 5.88 Å². The van der Waals surface area contributed by atoms with Gasteiger partial charge in [-0.25, -0.2) is 4.98 Å². The van der Waals surface area contributed by atoms with E-state index in [1.54, 1.807) is 19.1 Å². The van der Waals surface area contributed by atoms with Crippen LogP contribution < -0.4 is 10.1 Å². The second-order valence-corrected chi connectivity index (χ2v) is 7.03. The Balaban J connectivity index is 1.65. The van der Waals surface area contributed by atoms with Crippen molar-refractivity contribution < 1.29 is 18.8 Å². The summed E-state index contributed by atoms with van der Waals surface area (Å²) >= 11 is 1.47. The topological polar surface area (TPSA) is 99.4 Å². The molecule has 0 saturated carbocycles. The number of aryl methyl sites for hydroxylation is 1. The molecule has 1 aliphatic heterocycles. The number of fused-ring (bicyclic) bond motifs is 1. The quantitative estimate of drug-likeness (QED) is 0.718. The van der Waals surface area contributed by atoms with Crippen LogP contribution in [0.25, 0.3) is 11.5 Å². The highest BCUT2D eigenvalue weighted by molar-refractivity contribution is 7.17. The maximum absolute atomic E-state index is 12.7. The number of thiophene rings is 1. The molecule has 140 valence electrons. The number of amides is 1. The molecule has 1 aliphatic rings. The van der Waals surface area contributed by atoms with Gasteiger partial charge < -0.3 is 19.3 Å². The van der Waals surface area contributed by atoms with Gasteiger partial charge in [0, 0.05) is 17.1 Å². The Bertz CT molecular complexity index is 964. The Hall–Kier alpha value is -2.78. The van der Waals surface area contributed by atoms with E-state index < -0.39 is 0 Å². The van der Waals surface area contributed by atoms with Crippen LogP contribution in [0.15, 0.2) is 22.9 Å². The third-order valence-electron chi connectivity index (χ3n) is 4.08. The van der Waals surface area contributed by atoms with E-state index in [-0.39, 0.29) is 5.91 Å². The Morgan fingerprint density at radius 2 is 2.30 bits per heavy atom. The first-order valence-electron chi connectivity index (χ1n) is 8.59. The molecule has 8 nitrogen and oxygen atoms in total. The van der Waals surface area contributed by atoms with Crippen LogP contribution in [0.4, 0.5) is 5.00 Å². The number of ether oxygens (including phenoxy) is 2. The third kappa shape index (κ3) is 3.56. The van der Waals surface area contributed by atoms with Crippen molar-refractivity contribution in [2.75, 3.05) is 18.5 Å². The molecule has 0 radical (unpaired) electrons. The number of rotatable bonds is 5. The summed E-state index contributed by atoms with van der Waals surface area (Å²) in [5.41, 5.74) is 2.31. The Kier molecular flexibility index (Phi) is 4.87. The molecule has 0 bridgehead atoms. The predicted octanol–water partition coefficient (Wildman–Crippen LogP) is 3.23. The summed E-state index contributed by atoms with van der Waals surface area (Å²) in [5, 5.41) is 7.51. The molecule has 0 aliphatic carbocycles. The summed E-state index contributed by atoms with van der Waals surface area (Å²) in [6, 6.07) is 3.36. The molecule has 1 amide bonds. The molecule has 0 saturated heterocycles. The minimum Gasteiger partial charge on any atom is -0.478 e. The van der Waals surface area contributed by atoms with Crippen LogP contribution in [0.5, 0.6) is 5.88 Å². The Morgan fingerprint density at radius 1 is 1.41 bits per heavy atom. The monoisotopic (exact) mass is 386 g/mol. The smallest absolute Gasteiger partial charge is 0.261 e. The normalized spacial score (nSPS) is 13.3.